The molecule has 0 aromatic heterocycles. The highest BCUT2D eigenvalue weighted by Gasteiger charge is 2.32. The first-order chi connectivity index (χ1) is 7.70. The third-order valence-corrected chi connectivity index (χ3v) is 4.72. The van der Waals surface area contributed by atoms with Crippen LogP contribution in [0.1, 0.15) is 51.9 Å². The van der Waals surface area contributed by atoms with Gasteiger partial charge in [0.25, 0.3) is 0 Å². The fourth-order valence-corrected chi connectivity index (χ4v) is 3.64. The summed E-state index contributed by atoms with van der Waals surface area (Å²) in [6, 6.07) is 0.816. The first kappa shape index (κ1) is 12.4. The third kappa shape index (κ3) is 2.78. The molecule has 2 saturated carbocycles. The van der Waals surface area contributed by atoms with Gasteiger partial charge in [-0.25, -0.2) is 0 Å². The van der Waals surface area contributed by atoms with Crippen molar-refractivity contribution in [3.05, 3.63) is 0 Å². The molecule has 2 unspecified atom stereocenters. The van der Waals surface area contributed by atoms with Crippen LogP contribution in [0.4, 0.5) is 0 Å². The lowest BCUT2D eigenvalue weighted by Crippen LogP contribution is -2.45. The van der Waals surface area contributed by atoms with Gasteiger partial charge in [0.15, 0.2) is 0 Å². The molecule has 0 amide bonds. The first-order valence-corrected chi connectivity index (χ1v) is 7.09. The summed E-state index contributed by atoms with van der Waals surface area (Å²) in [6.07, 6.45) is 9.09. The van der Waals surface area contributed by atoms with Gasteiger partial charge in [0.2, 0.25) is 0 Å². The summed E-state index contributed by atoms with van der Waals surface area (Å²) in [5.41, 5.74) is 0. The molecular weight excluding hydrogens is 198 g/mol. The van der Waals surface area contributed by atoms with Crippen LogP contribution in [0.25, 0.3) is 0 Å². The maximum atomic E-state index is 9.32. The SMILES string of the molecule is CCC1CCCCC1N(C)CC1CC(O)C1. The summed E-state index contributed by atoms with van der Waals surface area (Å²) in [7, 11) is 2.29. The Balaban J connectivity index is 1.79. The molecule has 2 rings (SSSR count). The molecule has 0 aromatic carbocycles. The highest BCUT2D eigenvalue weighted by molar-refractivity contribution is 4.86. The fourth-order valence-electron chi connectivity index (χ4n) is 3.64. The van der Waals surface area contributed by atoms with Gasteiger partial charge in [0, 0.05) is 12.6 Å². The van der Waals surface area contributed by atoms with Crippen LogP contribution in [0.5, 0.6) is 0 Å². The van der Waals surface area contributed by atoms with Crippen LogP contribution in [0.15, 0.2) is 0 Å². The zero-order valence-electron chi connectivity index (χ0n) is 10.9. The molecule has 1 N–H and O–H groups in total. The van der Waals surface area contributed by atoms with E-state index in [1.165, 1.54) is 38.6 Å². The zero-order valence-corrected chi connectivity index (χ0v) is 10.9. The molecule has 0 saturated heterocycles. The summed E-state index contributed by atoms with van der Waals surface area (Å²) in [5, 5.41) is 9.32. The summed E-state index contributed by atoms with van der Waals surface area (Å²) >= 11 is 0. The monoisotopic (exact) mass is 225 g/mol. The van der Waals surface area contributed by atoms with Crippen LogP contribution in [-0.4, -0.2) is 35.7 Å². The van der Waals surface area contributed by atoms with E-state index in [0.29, 0.717) is 0 Å². The maximum Gasteiger partial charge on any atom is 0.0546 e. The molecule has 0 aliphatic heterocycles. The van der Waals surface area contributed by atoms with E-state index in [-0.39, 0.29) is 6.10 Å². The number of rotatable bonds is 4. The largest absolute Gasteiger partial charge is 0.393 e. The van der Waals surface area contributed by atoms with Crippen molar-refractivity contribution < 1.29 is 5.11 Å². The highest BCUT2D eigenvalue weighted by atomic mass is 16.3. The first-order valence-electron chi connectivity index (χ1n) is 7.09. The fraction of sp³-hybridized carbons (Fsp3) is 1.00. The number of hydrogen-bond donors (Lipinski definition) is 1. The molecule has 2 nitrogen and oxygen atoms in total. The van der Waals surface area contributed by atoms with Crippen LogP contribution in [0.3, 0.4) is 0 Å². The van der Waals surface area contributed by atoms with Crippen molar-refractivity contribution in [3.63, 3.8) is 0 Å². The summed E-state index contributed by atoms with van der Waals surface area (Å²) in [4.78, 5) is 2.59. The lowest BCUT2D eigenvalue weighted by atomic mass is 9.79. The van der Waals surface area contributed by atoms with Crippen molar-refractivity contribution >= 4 is 0 Å². The van der Waals surface area contributed by atoms with Gasteiger partial charge in [0.1, 0.15) is 0 Å². The van der Waals surface area contributed by atoms with Crippen molar-refractivity contribution in [2.45, 2.75) is 64.0 Å². The molecule has 2 aliphatic rings. The van der Waals surface area contributed by atoms with Crippen LogP contribution in [-0.2, 0) is 0 Å². The number of hydrogen-bond acceptors (Lipinski definition) is 2. The third-order valence-electron chi connectivity index (χ3n) is 4.72. The Labute approximate surface area is 100 Å². The molecule has 2 aliphatic carbocycles. The van der Waals surface area contributed by atoms with E-state index >= 15 is 0 Å². The van der Waals surface area contributed by atoms with E-state index in [4.69, 9.17) is 0 Å². The molecular formula is C14H27NO. The van der Waals surface area contributed by atoms with Crippen molar-refractivity contribution in [1.82, 2.24) is 4.90 Å². The van der Waals surface area contributed by atoms with Gasteiger partial charge >= 0.3 is 0 Å². The average molecular weight is 225 g/mol. The molecule has 0 bridgehead atoms. The zero-order chi connectivity index (χ0) is 11.5. The molecule has 2 atom stereocenters. The molecule has 0 aromatic rings. The highest BCUT2D eigenvalue weighted by Crippen LogP contribution is 2.33. The van der Waals surface area contributed by atoms with Crippen molar-refractivity contribution in [2.24, 2.45) is 11.8 Å². The minimum absolute atomic E-state index is 0.00623. The average Bonchev–Trinajstić information content (AvgIpc) is 2.27. The summed E-state index contributed by atoms with van der Waals surface area (Å²) < 4.78 is 0. The molecule has 0 heterocycles. The van der Waals surface area contributed by atoms with Gasteiger partial charge in [-0.15, -0.1) is 0 Å². The van der Waals surface area contributed by atoms with Crippen molar-refractivity contribution in [2.75, 3.05) is 13.6 Å². The van der Waals surface area contributed by atoms with E-state index in [0.717, 1.165) is 30.7 Å². The smallest absolute Gasteiger partial charge is 0.0546 e. The van der Waals surface area contributed by atoms with Crippen LogP contribution >= 0.6 is 0 Å². The van der Waals surface area contributed by atoms with E-state index in [1.54, 1.807) is 0 Å². The normalized spacial score (nSPS) is 39.8. The molecule has 2 fully saturated rings. The van der Waals surface area contributed by atoms with E-state index in [1.807, 2.05) is 0 Å². The lowest BCUT2D eigenvalue weighted by Gasteiger charge is -2.42. The lowest BCUT2D eigenvalue weighted by molar-refractivity contribution is 0.0117. The topological polar surface area (TPSA) is 23.5 Å². The molecule has 16 heavy (non-hydrogen) atoms. The van der Waals surface area contributed by atoms with Crippen LogP contribution in [0, 0.1) is 11.8 Å². The second-order valence-corrected chi connectivity index (χ2v) is 5.95. The van der Waals surface area contributed by atoms with E-state index < -0.39 is 0 Å². The minimum atomic E-state index is 0.00623. The van der Waals surface area contributed by atoms with Gasteiger partial charge < -0.3 is 10.0 Å². The Kier molecular flexibility index (Phi) is 4.26. The van der Waals surface area contributed by atoms with Crippen LogP contribution in [0.2, 0.25) is 0 Å². The second kappa shape index (κ2) is 5.50. The van der Waals surface area contributed by atoms with E-state index in [2.05, 4.69) is 18.9 Å². The Morgan fingerprint density at radius 1 is 1.19 bits per heavy atom. The van der Waals surface area contributed by atoms with Gasteiger partial charge in [-0.3, -0.25) is 0 Å². The molecule has 94 valence electrons. The van der Waals surface area contributed by atoms with Crippen LogP contribution < -0.4 is 0 Å². The van der Waals surface area contributed by atoms with Crippen molar-refractivity contribution in [3.8, 4) is 0 Å². The quantitative estimate of drug-likeness (QED) is 0.795. The Morgan fingerprint density at radius 3 is 2.50 bits per heavy atom. The standard InChI is InChI=1S/C14H27NO/c1-3-12-6-4-5-7-14(12)15(2)10-11-8-13(16)9-11/h11-14,16H,3-10H2,1-2H3. The molecule has 0 spiro atoms. The van der Waals surface area contributed by atoms with E-state index in [9.17, 15) is 5.11 Å². The Morgan fingerprint density at radius 2 is 1.88 bits per heavy atom. The molecule has 2 heteroatoms. The maximum absolute atomic E-state index is 9.32. The molecule has 0 radical (unpaired) electrons. The summed E-state index contributed by atoms with van der Waals surface area (Å²) in [6.45, 7) is 3.54. The predicted molar refractivity (Wildman–Crippen MR) is 67.4 cm³/mol. The van der Waals surface area contributed by atoms with Crippen molar-refractivity contribution in [1.29, 1.82) is 0 Å². The Bertz CT molecular complexity index is 213. The summed E-state index contributed by atoms with van der Waals surface area (Å²) in [5.74, 6) is 1.68. The minimum Gasteiger partial charge on any atom is -0.393 e. The predicted octanol–water partition coefficient (Wildman–Crippen LogP) is 2.66. The number of aliphatic hydroxyl groups excluding tert-OH is 1. The number of aliphatic hydroxyl groups is 1. The second-order valence-electron chi connectivity index (χ2n) is 5.95. The van der Waals surface area contributed by atoms with Gasteiger partial charge in [-0.2, -0.15) is 0 Å². The van der Waals surface area contributed by atoms with Gasteiger partial charge in [-0.05, 0) is 44.6 Å². The number of nitrogens with zero attached hydrogens (tertiary/aromatic N) is 1. The van der Waals surface area contributed by atoms with Gasteiger partial charge in [-0.1, -0.05) is 26.2 Å². The Hall–Kier alpha value is -0.0800. The van der Waals surface area contributed by atoms with Gasteiger partial charge in [0.05, 0.1) is 6.10 Å².